The highest BCUT2D eigenvalue weighted by molar-refractivity contribution is 7.97. The Balaban J connectivity index is 1.74. The molecule has 2 aromatic carbocycles. The largest absolute Gasteiger partial charge is 0.471 e. The molecule has 170 valence electrons. The molecule has 1 N–H and O–H groups in total. The molecule has 1 heterocycles. The molecule has 32 heavy (non-hydrogen) atoms. The van der Waals surface area contributed by atoms with Crippen molar-refractivity contribution >= 4 is 40.3 Å². The minimum atomic E-state index is -4.93. The van der Waals surface area contributed by atoms with Gasteiger partial charge in [-0.2, -0.15) is 24.9 Å². The van der Waals surface area contributed by atoms with Gasteiger partial charge in [-0.25, -0.2) is 4.98 Å². The lowest BCUT2D eigenvalue weighted by molar-refractivity contribution is -0.185. The van der Waals surface area contributed by atoms with Crippen molar-refractivity contribution in [1.82, 2.24) is 14.5 Å². The zero-order valence-electron chi connectivity index (χ0n) is 17.6. The van der Waals surface area contributed by atoms with E-state index in [4.69, 9.17) is 0 Å². The molecule has 10 heteroatoms. The summed E-state index contributed by atoms with van der Waals surface area (Å²) in [5.41, 5.74) is 2.59. The third kappa shape index (κ3) is 5.61. The third-order valence-corrected chi connectivity index (χ3v) is 5.35. The molecule has 0 spiro atoms. The Morgan fingerprint density at radius 1 is 1.16 bits per heavy atom. The maximum atomic E-state index is 12.8. The van der Waals surface area contributed by atoms with Crippen LogP contribution in [0.25, 0.3) is 11.0 Å². The first-order valence-electron chi connectivity index (χ1n) is 9.91. The fraction of sp³-hybridized carbons (Fsp3) is 0.318. The summed E-state index contributed by atoms with van der Waals surface area (Å²) in [5.74, 6) is -0.738. The zero-order chi connectivity index (χ0) is 23.3. The van der Waals surface area contributed by atoms with Crippen molar-refractivity contribution in [3.8, 4) is 0 Å². The molecule has 0 aliphatic rings. The molecule has 6 nitrogen and oxygen atoms in total. The van der Waals surface area contributed by atoms with Gasteiger partial charge >= 0.3 is 12.1 Å². The summed E-state index contributed by atoms with van der Waals surface area (Å²) >= 11 is 1.60. The van der Waals surface area contributed by atoms with Crippen molar-refractivity contribution in [3.05, 3.63) is 59.9 Å². The molecule has 0 aliphatic carbocycles. The van der Waals surface area contributed by atoms with E-state index in [2.05, 4.69) is 10.3 Å². The number of para-hydroxylation sites is 2. The van der Waals surface area contributed by atoms with Gasteiger partial charge < -0.3 is 14.8 Å². The van der Waals surface area contributed by atoms with Crippen LogP contribution in [0, 0.1) is 0 Å². The first kappa shape index (κ1) is 23.6. The number of hydrogen-bond acceptors (Lipinski definition) is 4. The first-order valence-corrected chi connectivity index (χ1v) is 11.3. The molecule has 0 bridgehead atoms. The van der Waals surface area contributed by atoms with Crippen molar-refractivity contribution in [2.24, 2.45) is 0 Å². The molecule has 1 aromatic heterocycles. The maximum absolute atomic E-state index is 12.8. The summed E-state index contributed by atoms with van der Waals surface area (Å²) in [5, 5.41) is 2.79. The summed E-state index contributed by atoms with van der Waals surface area (Å²) in [6.07, 6.45) is -2.97. The Kier molecular flexibility index (Phi) is 7.44. The molecular weight excluding hydrogens is 441 g/mol. The van der Waals surface area contributed by atoms with Crippen LogP contribution in [0.15, 0.2) is 48.5 Å². The van der Waals surface area contributed by atoms with Gasteiger partial charge in [-0.05, 0) is 43.0 Å². The van der Waals surface area contributed by atoms with Gasteiger partial charge in [0.25, 0.3) is 0 Å². The van der Waals surface area contributed by atoms with Gasteiger partial charge in [-0.15, -0.1) is 0 Å². The average Bonchev–Trinajstić information content (AvgIpc) is 3.08. The van der Waals surface area contributed by atoms with Gasteiger partial charge in [0.15, 0.2) is 0 Å². The number of amides is 2. The molecule has 0 saturated carbocycles. The predicted molar refractivity (Wildman–Crippen MR) is 119 cm³/mol. The molecule has 0 saturated heterocycles. The van der Waals surface area contributed by atoms with E-state index in [1.165, 1.54) is 6.92 Å². The molecule has 0 atom stereocenters. The van der Waals surface area contributed by atoms with E-state index in [1.54, 1.807) is 36.0 Å². The molecule has 2 amide bonds. The number of nitrogens with zero attached hydrogens (tertiary/aromatic N) is 3. The Bertz CT molecular complexity index is 1110. The molecule has 3 rings (SSSR count). The van der Waals surface area contributed by atoms with Crippen LogP contribution in [0.5, 0.6) is 0 Å². The maximum Gasteiger partial charge on any atom is 0.471 e. The van der Waals surface area contributed by atoms with Gasteiger partial charge in [0, 0.05) is 18.8 Å². The van der Waals surface area contributed by atoms with Gasteiger partial charge in [0.1, 0.15) is 12.4 Å². The third-order valence-electron chi connectivity index (χ3n) is 4.80. The summed E-state index contributed by atoms with van der Waals surface area (Å²) in [6.45, 7) is 1.24. The summed E-state index contributed by atoms with van der Waals surface area (Å²) in [7, 11) is 0. The normalized spacial score (nSPS) is 11.5. The Labute approximate surface area is 187 Å². The molecule has 3 aromatic rings. The van der Waals surface area contributed by atoms with Gasteiger partial charge in [-0.3, -0.25) is 9.59 Å². The lowest BCUT2D eigenvalue weighted by Crippen LogP contribution is -2.40. The van der Waals surface area contributed by atoms with Crippen LogP contribution >= 0.6 is 11.8 Å². The number of nitrogens with one attached hydrogen (secondary N) is 1. The SMILES string of the molecule is CCN(Cc1cccc(NC(=O)Cn2c(CSC)nc3ccccc32)c1)C(=O)C(F)(F)F. The molecule has 0 fully saturated rings. The van der Waals surface area contributed by atoms with Crippen LogP contribution in [0.4, 0.5) is 18.9 Å². The zero-order valence-corrected chi connectivity index (χ0v) is 18.5. The number of halogens is 3. The van der Waals surface area contributed by atoms with E-state index < -0.39 is 12.1 Å². The number of imidazole rings is 1. The van der Waals surface area contributed by atoms with Crippen LogP contribution in [0.3, 0.4) is 0 Å². The van der Waals surface area contributed by atoms with Gasteiger partial charge in [0.05, 0.1) is 16.8 Å². The lowest BCUT2D eigenvalue weighted by atomic mass is 10.2. The lowest BCUT2D eigenvalue weighted by Gasteiger charge is -2.22. The van der Waals surface area contributed by atoms with E-state index in [0.717, 1.165) is 16.9 Å². The number of carbonyl (C=O) groups is 2. The average molecular weight is 465 g/mol. The van der Waals surface area contributed by atoms with Crippen LogP contribution in [-0.2, 0) is 28.4 Å². The highest BCUT2D eigenvalue weighted by atomic mass is 32.2. The second-order valence-corrected chi connectivity index (χ2v) is 7.97. The number of thioether (sulfide) groups is 1. The van der Waals surface area contributed by atoms with Gasteiger partial charge in [-0.1, -0.05) is 24.3 Å². The van der Waals surface area contributed by atoms with Crippen molar-refractivity contribution in [1.29, 1.82) is 0 Å². The van der Waals surface area contributed by atoms with Crippen molar-refractivity contribution in [2.45, 2.75) is 31.9 Å². The summed E-state index contributed by atoms with van der Waals surface area (Å²) < 4.78 is 40.1. The topological polar surface area (TPSA) is 67.2 Å². The number of aromatic nitrogens is 2. The molecule has 0 unspecified atom stereocenters. The van der Waals surface area contributed by atoms with Crippen LogP contribution in [-0.4, -0.2) is 45.2 Å². The van der Waals surface area contributed by atoms with E-state index >= 15 is 0 Å². The number of benzene rings is 2. The monoisotopic (exact) mass is 464 g/mol. The number of anilines is 1. The summed E-state index contributed by atoms with van der Waals surface area (Å²) in [4.78, 5) is 29.6. The smallest absolute Gasteiger partial charge is 0.331 e. The van der Waals surface area contributed by atoms with Crippen molar-refractivity contribution in [3.63, 3.8) is 0 Å². The first-order chi connectivity index (χ1) is 15.2. The number of carbonyl (C=O) groups excluding carboxylic acids is 2. The number of hydrogen-bond donors (Lipinski definition) is 1. The standard InChI is InChI=1S/C22H23F3N4O2S/c1-3-28(21(31)22(23,24)25)12-15-7-6-8-16(11-15)26-20(30)13-29-18-10-5-4-9-17(18)27-19(29)14-32-2/h4-11H,3,12-14H2,1-2H3,(H,26,30). The fourth-order valence-electron chi connectivity index (χ4n) is 3.36. The fourth-order valence-corrected chi connectivity index (χ4v) is 3.84. The van der Waals surface area contributed by atoms with E-state index in [1.807, 2.05) is 35.1 Å². The van der Waals surface area contributed by atoms with E-state index in [-0.39, 0.29) is 25.5 Å². The van der Waals surface area contributed by atoms with E-state index in [0.29, 0.717) is 21.9 Å². The number of alkyl halides is 3. The Morgan fingerprint density at radius 2 is 1.91 bits per heavy atom. The van der Waals surface area contributed by atoms with Crippen LogP contribution < -0.4 is 5.32 Å². The van der Waals surface area contributed by atoms with Crippen molar-refractivity contribution in [2.75, 3.05) is 18.1 Å². The molecular formula is C22H23F3N4O2S. The van der Waals surface area contributed by atoms with Crippen LogP contribution in [0.2, 0.25) is 0 Å². The Hall–Kier alpha value is -3.01. The van der Waals surface area contributed by atoms with Crippen molar-refractivity contribution < 1.29 is 22.8 Å². The second kappa shape index (κ2) is 10.1. The number of fused-ring (bicyclic) bond motifs is 1. The highest BCUT2D eigenvalue weighted by Gasteiger charge is 2.41. The second-order valence-electron chi connectivity index (χ2n) is 7.10. The van der Waals surface area contributed by atoms with Gasteiger partial charge in [0.2, 0.25) is 5.91 Å². The summed E-state index contributed by atoms with van der Waals surface area (Å²) in [6, 6.07) is 14.0. The highest BCUT2D eigenvalue weighted by Crippen LogP contribution is 2.22. The number of rotatable bonds is 8. The Morgan fingerprint density at radius 3 is 2.59 bits per heavy atom. The minimum Gasteiger partial charge on any atom is -0.331 e. The van der Waals surface area contributed by atoms with E-state index in [9.17, 15) is 22.8 Å². The molecule has 0 radical (unpaired) electrons. The predicted octanol–water partition coefficient (Wildman–Crippen LogP) is 4.45. The quantitative estimate of drug-likeness (QED) is 0.535. The van der Waals surface area contributed by atoms with Crippen LogP contribution in [0.1, 0.15) is 18.3 Å². The minimum absolute atomic E-state index is 0.0499. The molecule has 0 aliphatic heterocycles.